The summed E-state index contributed by atoms with van der Waals surface area (Å²) in [6.45, 7) is 5.19. The number of hydrogen-bond donors (Lipinski definition) is 0. The Morgan fingerprint density at radius 2 is 1.48 bits per heavy atom. The molecule has 0 N–H and O–H groups in total. The highest BCUT2D eigenvalue weighted by atomic mass is 16.5. The van der Waals surface area contributed by atoms with Crippen LogP contribution < -0.4 is 4.90 Å². The molecule has 3 aliphatic heterocycles. The van der Waals surface area contributed by atoms with Gasteiger partial charge in [-0.1, -0.05) is 12.2 Å². The highest BCUT2D eigenvalue weighted by Gasteiger charge is 2.70. The predicted molar refractivity (Wildman–Crippen MR) is 83.0 cm³/mol. The topological polar surface area (TPSA) is 63.7 Å². The monoisotopic (exact) mass is 311 g/mol. The molecule has 0 unspecified atom stereocenters. The Labute approximate surface area is 133 Å². The van der Waals surface area contributed by atoms with E-state index in [9.17, 15) is 14.4 Å². The van der Waals surface area contributed by atoms with Crippen molar-refractivity contribution in [2.45, 2.75) is 32.0 Å². The van der Waals surface area contributed by atoms with Crippen molar-refractivity contribution in [1.29, 1.82) is 0 Å². The van der Waals surface area contributed by atoms with Crippen LogP contribution in [0.15, 0.2) is 36.4 Å². The van der Waals surface area contributed by atoms with Gasteiger partial charge in [0.25, 0.3) is 0 Å². The second-order valence-electron chi connectivity index (χ2n) is 6.87. The number of hydrogen-bond acceptors (Lipinski definition) is 4. The van der Waals surface area contributed by atoms with Crippen molar-refractivity contribution in [1.82, 2.24) is 0 Å². The maximum absolute atomic E-state index is 12.9. The molecule has 118 valence electrons. The Bertz CT molecular complexity index is 745. The molecule has 5 nitrogen and oxygen atoms in total. The summed E-state index contributed by atoms with van der Waals surface area (Å²) in [6.07, 6.45) is 3.78. The first kappa shape index (κ1) is 14.3. The van der Waals surface area contributed by atoms with Gasteiger partial charge in [-0.2, -0.15) is 0 Å². The van der Waals surface area contributed by atoms with Crippen LogP contribution >= 0.6 is 0 Å². The van der Waals surface area contributed by atoms with Crippen LogP contribution in [0.2, 0.25) is 0 Å². The molecule has 2 saturated heterocycles. The maximum Gasteiger partial charge on any atom is 0.241 e. The number of fused-ring (bicyclic) bond motifs is 5. The molecule has 1 aromatic carbocycles. The highest BCUT2D eigenvalue weighted by Crippen LogP contribution is 2.57. The van der Waals surface area contributed by atoms with Gasteiger partial charge in [0.1, 0.15) is 0 Å². The molecular weight excluding hydrogens is 294 g/mol. The largest absolute Gasteiger partial charge is 0.359 e. The number of carbonyl (C=O) groups is 3. The Hall–Kier alpha value is -2.27. The van der Waals surface area contributed by atoms with Gasteiger partial charge < -0.3 is 4.74 Å². The maximum atomic E-state index is 12.9. The fourth-order valence-corrected chi connectivity index (χ4v) is 4.13. The number of benzene rings is 1. The molecule has 0 spiro atoms. The molecule has 3 aliphatic rings. The first-order valence-corrected chi connectivity index (χ1v) is 7.66. The van der Waals surface area contributed by atoms with Crippen molar-refractivity contribution < 1.29 is 19.1 Å². The van der Waals surface area contributed by atoms with Crippen LogP contribution in [0.3, 0.4) is 0 Å². The molecule has 5 heteroatoms. The summed E-state index contributed by atoms with van der Waals surface area (Å²) < 4.78 is 5.97. The van der Waals surface area contributed by atoms with Crippen molar-refractivity contribution in [2.75, 3.05) is 4.90 Å². The minimum Gasteiger partial charge on any atom is -0.359 e. The molecule has 1 aromatic rings. The van der Waals surface area contributed by atoms with Gasteiger partial charge in [0.15, 0.2) is 5.78 Å². The molecule has 2 bridgehead atoms. The zero-order valence-electron chi connectivity index (χ0n) is 13.2. The van der Waals surface area contributed by atoms with E-state index in [2.05, 4.69) is 0 Å². The quantitative estimate of drug-likeness (QED) is 0.477. The lowest BCUT2D eigenvalue weighted by Crippen LogP contribution is -2.39. The van der Waals surface area contributed by atoms with Gasteiger partial charge in [-0.05, 0) is 45.0 Å². The molecule has 2 fully saturated rings. The number of nitrogens with zero attached hydrogens (tertiary/aromatic N) is 1. The van der Waals surface area contributed by atoms with Gasteiger partial charge in [-0.3, -0.25) is 14.4 Å². The van der Waals surface area contributed by atoms with Crippen LogP contribution in [0.4, 0.5) is 5.69 Å². The SMILES string of the molecule is CC(=O)c1ccc(N2C(=O)[C@@H]3[C@H](C2=O)[C@@]2(C)C=C[C@@]3(C)O2)cc1. The highest BCUT2D eigenvalue weighted by molar-refractivity contribution is 6.23. The first-order valence-electron chi connectivity index (χ1n) is 7.66. The summed E-state index contributed by atoms with van der Waals surface area (Å²) in [5, 5.41) is 0. The summed E-state index contributed by atoms with van der Waals surface area (Å²) in [5.74, 6) is -1.49. The van der Waals surface area contributed by atoms with E-state index < -0.39 is 23.0 Å². The van der Waals surface area contributed by atoms with E-state index in [1.165, 1.54) is 11.8 Å². The van der Waals surface area contributed by atoms with E-state index in [1.807, 2.05) is 26.0 Å². The van der Waals surface area contributed by atoms with Crippen LogP contribution in [0.1, 0.15) is 31.1 Å². The number of ether oxygens (including phenoxy) is 1. The zero-order chi connectivity index (χ0) is 16.6. The van der Waals surface area contributed by atoms with Gasteiger partial charge in [0.2, 0.25) is 11.8 Å². The lowest BCUT2D eigenvalue weighted by atomic mass is 9.73. The fraction of sp³-hybridized carbons (Fsp3) is 0.389. The summed E-state index contributed by atoms with van der Waals surface area (Å²) in [6, 6.07) is 6.57. The molecule has 2 amide bonds. The number of amides is 2. The summed E-state index contributed by atoms with van der Waals surface area (Å²) >= 11 is 0. The molecular formula is C18H17NO4. The van der Waals surface area contributed by atoms with Crippen LogP contribution in [0.5, 0.6) is 0 Å². The van der Waals surface area contributed by atoms with E-state index in [0.717, 1.165) is 0 Å². The molecule has 0 radical (unpaired) electrons. The molecule has 4 atom stereocenters. The number of anilines is 1. The first-order chi connectivity index (χ1) is 10.8. The van der Waals surface area contributed by atoms with Crippen LogP contribution in [-0.2, 0) is 14.3 Å². The smallest absolute Gasteiger partial charge is 0.241 e. The van der Waals surface area contributed by atoms with E-state index in [4.69, 9.17) is 4.74 Å². The molecule has 0 aromatic heterocycles. The fourth-order valence-electron chi connectivity index (χ4n) is 4.13. The summed E-state index contributed by atoms with van der Waals surface area (Å²) in [7, 11) is 0. The Morgan fingerprint density at radius 1 is 1.00 bits per heavy atom. The third-order valence-corrected chi connectivity index (χ3v) is 5.26. The van der Waals surface area contributed by atoms with Crippen LogP contribution in [0, 0.1) is 11.8 Å². The summed E-state index contributed by atoms with van der Waals surface area (Å²) in [4.78, 5) is 38.4. The zero-order valence-corrected chi connectivity index (χ0v) is 13.2. The molecule has 0 aliphatic carbocycles. The van der Waals surface area contributed by atoms with E-state index >= 15 is 0 Å². The standard InChI is InChI=1S/C18H17NO4/c1-10(20)11-4-6-12(7-5-11)19-15(21)13-14(16(19)22)18(3)9-8-17(13,2)23-18/h4-9,13-14H,1-3H3/t13-,14+,17-,18-/m1/s1. The summed E-state index contributed by atoms with van der Waals surface area (Å²) in [5.41, 5.74) is -0.386. The Morgan fingerprint density at radius 3 is 1.91 bits per heavy atom. The number of rotatable bonds is 2. The van der Waals surface area contributed by atoms with Crippen molar-refractivity contribution in [3.63, 3.8) is 0 Å². The van der Waals surface area contributed by atoms with Crippen molar-refractivity contribution in [2.24, 2.45) is 11.8 Å². The normalized spacial score (nSPS) is 37.6. The van der Waals surface area contributed by atoms with E-state index in [-0.39, 0.29) is 17.6 Å². The average molecular weight is 311 g/mol. The van der Waals surface area contributed by atoms with Crippen molar-refractivity contribution >= 4 is 23.3 Å². The Balaban J connectivity index is 1.75. The lowest BCUT2D eigenvalue weighted by Gasteiger charge is -2.25. The van der Waals surface area contributed by atoms with Gasteiger partial charge in [-0.25, -0.2) is 4.90 Å². The Kier molecular flexibility index (Phi) is 2.60. The molecule has 23 heavy (non-hydrogen) atoms. The van der Waals surface area contributed by atoms with Gasteiger partial charge in [0.05, 0.1) is 28.7 Å². The average Bonchev–Trinajstić information content (AvgIpc) is 3.04. The van der Waals surface area contributed by atoms with Gasteiger partial charge in [0, 0.05) is 5.56 Å². The minimum atomic E-state index is -0.722. The van der Waals surface area contributed by atoms with Crippen LogP contribution in [0.25, 0.3) is 0 Å². The van der Waals surface area contributed by atoms with Crippen molar-refractivity contribution in [3.8, 4) is 0 Å². The number of Topliss-reactive ketones (excluding diaryl/α,β-unsaturated/α-hetero) is 1. The van der Waals surface area contributed by atoms with E-state index in [1.54, 1.807) is 24.3 Å². The number of imide groups is 1. The predicted octanol–water partition coefficient (Wildman–Crippen LogP) is 2.11. The second-order valence-corrected chi connectivity index (χ2v) is 6.87. The lowest BCUT2D eigenvalue weighted by molar-refractivity contribution is -0.128. The van der Waals surface area contributed by atoms with Gasteiger partial charge >= 0.3 is 0 Å². The molecule has 4 rings (SSSR count). The third-order valence-electron chi connectivity index (χ3n) is 5.26. The molecule has 0 saturated carbocycles. The van der Waals surface area contributed by atoms with Gasteiger partial charge in [-0.15, -0.1) is 0 Å². The molecule has 3 heterocycles. The second kappa shape index (κ2) is 4.17. The van der Waals surface area contributed by atoms with E-state index in [0.29, 0.717) is 11.3 Å². The third kappa shape index (κ3) is 1.68. The minimum absolute atomic E-state index is 0.0526. The number of carbonyl (C=O) groups excluding carboxylic acids is 3. The van der Waals surface area contributed by atoms with Crippen molar-refractivity contribution in [3.05, 3.63) is 42.0 Å². The van der Waals surface area contributed by atoms with Crippen LogP contribution in [-0.4, -0.2) is 28.8 Å². The number of ketones is 1.